The normalized spacial score (nSPS) is 27.2. The van der Waals surface area contributed by atoms with Gasteiger partial charge in [-0.15, -0.1) is 11.3 Å². The highest BCUT2D eigenvalue weighted by molar-refractivity contribution is 7.14. The highest BCUT2D eigenvalue weighted by atomic mass is 32.1. The van der Waals surface area contributed by atoms with Gasteiger partial charge in [0.2, 0.25) is 5.91 Å². The average molecular weight is 336 g/mol. The molecule has 0 aromatic carbocycles. The van der Waals surface area contributed by atoms with Crippen molar-refractivity contribution in [3.8, 4) is 0 Å². The summed E-state index contributed by atoms with van der Waals surface area (Å²) in [6, 6.07) is 0.123. The number of hydrogen-bond acceptors (Lipinski definition) is 5. The van der Waals surface area contributed by atoms with Crippen LogP contribution in [0.15, 0.2) is 5.38 Å². The van der Waals surface area contributed by atoms with E-state index in [1.54, 1.807) is 4.90 Å². The monoisotopic (exact) mass is 336 g/mol. The zero-order valence-electron chi connectivity index (χ0n) is 12.9. The van der Waals surface area contributed by atoms with Gasteiger partial charge in [0.25, 0.3) is 0 Å². The van der Waals surface area contributed by atoms with Crippen LogP contribution in [-0.4, -0.2) is 60.2 Å². The van der Waals surface area contributed by atoms with Crippen LogP contribution in [0.4, 0.5) is 9.93 Å². The summed E-state index contributed by atoms with van der Waals surface area (Å²) >= 11 is 1.42. The topological polar surface area (TPSA) is 74.8 Å². The van der Waals surface area contributed by atoms with Crippen molar-refractivity contribution in [2.24, 2.45) is 0 Å². The molecule has 0 unspecified atom stereocenters. The summed E-state index contributed by atoms with van der Waals surface area (Å²) < 4.78 is 5.76. The van der Waals surface area contributed by atoms with Gasteiger partial charge in [0, 0.05) is 25.0 Å². The molecule has 8 heteroatoms. The lowest BCUT2D eigenvalue weighted by Crippen LogP contribution is -2.51. The molecule has 0 bridgehead atoms. The number of nitrogens with zero attached hydrogens (tertiary/aromatic N) is 3. The van der Waals surface area contributed by atoms with Crippen molar-refractivity contribution in [1.82, 2.24) is 15.2 Å². The Morgan fingerprint density at radius 3 is 3.17 bits per heavy atom. The molecule has 1 aliphatic carbocycles. The van der Waals surface area contributed by atoms with Crippen molar-refractivity contribution < 1.29 is 14.3 Å². The van der Waals surface area contributed by atoms with Gasteiger partial charge in [0.05, 0.1) is 30.9 Å². The van der Waals surface area contributed by atoms with E-state index in [1.807, 2.05) is 10.3 Å². The van der Waals surface area contributed by atoms with Crippen molar-refractivity contribution in [2.75, 3.05) is 31.1 Å². The number of carbonyl (C=O) groups excluding carboxylic acids is 2. The fourth-order valence-electron chi connectivity index (χ4n) is 3.65. The lowest BCUT2D eigenvalue weighted by Gasteiger charge is -2.37. The standard InChI is InChI=1S/C15H20N4O3S/c20-13(18-6-7-22-12-3-1-2-11(12)18)8-10-9-23-15(17-10)19-5-4-16-14(19)21/h9,11-12H,1-8H2,(H,16,21)/t11-,12+/m0/s1. The average Bonchev–Trinajstić information content (AvgIpc) is 3.26. The van der Waals surface area contributed by atoms with Crippen LogP contribution in [0.1, 0.15) is 25.0 Å². The Morgan fingerprint density at radius 2 is 2.35 bits per heavy atom. The van der Waals surface area contributed by atoms with Crippen molar-refractivity contribution in [2.45, 2.75) is 37.8 Å². The quantitative estimate of drug-likeness (QED) is 0.893. The molecule has 3 heterocycles. The number of rotatable bonds is 3. The summed E-state index contributed by atoms with van der Waals surface area (Å²) in [5.41, 5.74) is 0.746. The molecule has 124 valence electrons. The number of amides is 3. The molecule has 1 saturated carbocycles. The summed E-state index contributed by atoms with van der Waals surface area (Å²) in [5.74, 6) is 0.118. The zero-order chi connectivity index (χ0) is 15.8. The van der Waals surface area contributed by atoms with Gasteiger partial charge in [-0.25, -0.2) is 9.78 Å². The van der Waals surface area contributed by atoms with Gasteiger partial charge in [-0.2, -0.15) is 0 Å². The molecule has 3 amide bonds. The molecule has 0 spiro atoms. The van der Waals surface area contributed by atoms with Crippen LogP contribution in [0.3, 0.4) is 0 Å². The van der Waals surface area contributed by atoms with Crippen molar-refractivity contribution in [3.05, 3.63) is 11.1 Å². The summed E-state index contributed by atoms with van der Waals surface area (Å²) in [6.45, 7) is 2.57. The number of thiazole rings is 1. The van der Waals surface area contributed by atoms with Gasteiger partial charge < -0.3 is 15.0 Å². The van der Waals surface area contributed by atoms with Crippen molar-refractivity contribution in [1.29, 1.82) is 0 Å². The van der Waals surface area contributed by atoms with E-state index in [9.17, 15) is 9.59 Å². The number of ether oxygens (including phenoxy) is 1. The van der Waals surface area contributed by atoms with Gasteiger partial charge in [0.15, 0.2) is 5.13 Å². The Kier molecular flexibility index (Phi) is 3.94. The van der Waals surface area contributed by atoms with E-state index in [0.717, 1.165) is 25.0 Å². The highest BCUT2D eigenvalue weighted by Crippen LogP contribution is 2.30. The van der Waals surface area contributed by atoms with Crippen LogP contribution in [0, 0.1) is 0 Å². The number of carbonyl (C=O) groups is 2. The van der Waals surface area contributed by atoms with Crippen LogP contribution < -0.4 is 10.2 Å². The fraction of sp³-hybridized carbons (Fsp3) is 0.667. The summed E-state index contributed by atoms with van der Waals surface area (Å²) in [7, 11) is 0. The molecule has 1 aromatic heterocycles. The lowest BCUT2D eigenvalue weighted by atomic mass is 10.1. The van der Waals surface area contributed by atoms with Gasteiger partial charge in [-0.3, -0.25) is 9.69 Å². The molecule has 23 heavy (non-hydrogen) atoms. The Morgan fingerprint density at radius 1 is 1.43 bits per heavy atom. The van der Waals surface area contributed by atoms with E-state index in [1.165, 1.54) is 11.3 Å². The zero-order valence-corrected chi connectivity index (χ0v) is 13.7. The van der Waals surface area contributed by atoms with E-state index < -0.39 is 0 Å². The molecule has 2 saturated heterocycles. The largest absolute Gasteiger partial charge is 0.374 e. The number of urea groups is 1. The number of fused-ring (bicyclic) bond motifs is 1. The Hall–Kier alpha value is -1.67. The molecule has 3 aliphatic rings. The van der Waals surface area contributed by atoms with Crippen LogP contribution in [0.5, 0.6) is 0 Å². The van der Waals surface area contributed by atoms with E-state index in [-0.39, 0.29) is 24.1 Å². The predicted molar refractivity (Wildman–Crippen MR) is 85.7 cm³/mol. The minimum Gasteiger partial charge on any atom is -0.374 e. The van der Waals surface area contributed by atoms with Crippen molar-refractivity contribution >= 4 is 28.4 Å². The predicted octanol–water partition coefficient (Wildman–Crippen LogP) is 0.995. The highest BCUT2D eigenvalue weighted by Gasteiger charge is 2.38. The first-order valence-electron chi connectivity index (χ1n) is 8.13. The van der Waals surface area contributed by atoms with Crippen molar-refractivity contribution in [3.63, 3.8) is 0 Å². The second-order valence-electron chi connectivity index (χ2n) is 6.18. The molecular formula is C15H20N4O3S. The Bertz CT molecular complexity index is 620. The fourth-order valence-corrected chi connectivity index (χ4v) is 4.50. The number of anilines is 1. The lowest BCUT2D eigenvalue weighted by molar-refractivity contribution is -0.143. The maximum absolute atomic E-state index is 12.6. The third kappa shape index (κ3) is 2.81. The molecule has 1 aromatic rings. The van der Waals surface area contributed by atoms with Gasteiger partial charge >= 0.3 is 6.03 Å². The van der Waals surface area contributed by atoms with E-state index in [4.69, 9.17) is 4.74 Å². The van der Waals surface area contributed by atoms with Gasteiger partial charge in [0.1, 0.15) is 0 Å². The number of nitrogens with one attached hydrogen (secondary N) is 1. The minimum atomic E-state index is -0.112. The van der Waals surface area contributed by atoms with E-state index in [2.05, 4.69) is 10.3 Å². The van der Waals surface area contributed by atoms with Crippen LogP contribution in [0.25, 0.3) is 0 Å². The van der Waals surface area contributed by atoms with E-state index in [0.29, 0.717) is 37.8 Å². The molecule has 4 rings (SSSR count). The molecule has 0 radical (unpaired) electrons. The first-order chi connectivity index (χ1) is 11.2. The second-order valence-corrected chi connectivity index (χ2v) is 7.01. The minimum absolute atomic E-state index is 0.112. The molecule has 2 aliphatic heterocycles. The summed E-state index contributed by atoms with van der Waals surface area (Å²) in [4.78, 5) is 32.4. The second kappa shape index (κ2) is 6.09. The SMILES string of the molecule is O=C1NCCN1c1nc(CC(=O)N2CCO[C@@H]3CCC[C@@H]32)cs1. The number of morpholine rings is 1. The molecule has 2 atom stereocenters. The maximum Gasteiger partial charge on any atom is 0.323 e. The van der Waals surface area contributed by atoms with Crippen LogP contribution in [0.2, 0.25) is 0 Å². The van der Waals surface area contributed by atoms with Gasteiger partial charge in [-0.05, 0) is 19.3 Å². The number of hydrogen-bond donors (Lipinski definition) is 1. The number of aromatic nitrogens is 1. The third-order valence-electron chi connectivity index (χ3n) is 4.76. The molecule has 3 fully saturated rings. The smallest absolute Gasteiger partial charge is 0.323 e. The summed E-state index contributed by atoms with van der Waals surface area (Å²) in [6.07, 6.45) is 3.73. The third-order valence-corrected chi connectivity index (χ3v) is 5.67. The Balaban J connectivity index is 1.42. The Labute approximate surface area is 138 Å². The van der Waals surface area contributed by atoms with Crippen LogP contribution >= 0.6 is 11.3 Å². The van der Waals surface area contributed by atoms with E-state index >= 15 is 0 Å². The maximum atomic E-state index is 12.6. The van der Waals surface area contributed by atoms with Gasteiger partial charge in [-0.1, -0.05) is 0 Å². The molecule has 7 nitrogen and oxygen atoms in total. The first-order valence-corrected chi connectivity index (χ1v) is 9.01. The molecular weight excluding hydrogens is 316 g/mol. The van der Waals surface area contributed by atoms with Crippen LogP contribution in [-0.2, 0) is 16.0 Å². The molecule has 1 N–H and O–H groups in total. The summed E-state index contributed by atoms with van der Waals surface area (Å²) in [5, 5.41) is 5.31. The first kappa shape index (κ1) is 14.9.